The van der Waals surface area contributed by atoms with Gasteiger partial charge in [-0.25, -0.2) is 0 Å². The molecule has 2 heterocycles. The molecule has 1 atom stereocenters. The first-order valence-corrected chi connectivity index (χ1v) is 10.1. The van der Waals surface area contributed by atoms with E-state index in [1.807, 2.05) is 6.07 Å². The van der Waals surface area contributed by atoms with Crippen LogP contribution in [0, 0.1) is 0 Å². The minimum Gasteiger partial charge on any atom is -0.504 e. The Balaban J connectivity index is 1.99. The predicted molar refractivity (Wildman–Crippen MR) is 114 cm³/mol. The second-order valence-electron chi connectivity index (χ2n) is 8.36. The third-order valence-corrected chi connectivity index (χ3v) is 5.66. The van der Waals surface area contributed by atoms with Gasteiger partial charge >= 0.3 is 0 Å². The van der Waals surface area contributed by atoms with E-state index in [0.29, 0.717) is 5.75 Å². The SMILES string of the molecule is CCCCC1Oc2ccc(O)c(OC)c2-c2ccc3c(c21)C(C)=CC(C)(C)N3. The molecule has 0 fully saturated rings. The lowest BCUT2D eigenvalue weighted by Crippen LogP contribution is -2.32. The van der Waals surface area contributed by atoms with Crippen LogP contribution in [0.1, 0.15) is 64.2 Å². The van der Waals surface area contributed by atoms with Crippen molar-refractivity contribution in [1.82, 2.24) is 0 Å². The summed E-state index contributed by atoms with van der Waals surface area (Å²) in [6.45, 7) is 8.74. The Bertz CT molecular complexity index is 959. The molecular formula is C24H29NO3. The van der Waals surface area contributed by atoms with Crippen LogP contribution in [0.5, 0.6) is 17.2 Å². The lowest BCUT2D eigenvalue weighted by atomic mass is 9.81. The van der Waals surface area contributed by atoms with Crippen molar-refractivity contribution in [2.75, 3.05) is 12.4 Å². The van der Waals surface area contributed by atoms with E-state index in [2.05, 4.69) is 51.2 Å². The van der Waals surface area contributed by atoms with Crippen LogP contribution >= 0.6 is 0 Å². The maximum absolute atomic E-state index is 10.4. The molecule has 2 aliphatic heterocycles. The van der Waals surface area contributed by atoms with Gasteiger partial charge in [0, 0.05) is 16.8 Å². The lowest BCUT2D eigenvalue weighted by molar-refractivity contribution is 0.186. The number of phenols is 1. The number of anilines is 1. The zero-order valence-corrected chi connectivity index (χ0v) is 17.3. The quantitative estimate of drug-likeness (QED) is 0.654. The number of benzene rings is 2. The number of rotatable bonds is 4. The molecular weight excluding hydrogens is 350 g/mol. The molecule has 2 aromatic carbocycles. The summed E-state index contributed by atoms with van der Waals surface area (Å²) in [5.41, 5.74) is 6.63. The Morgan fingerprint density at radius 3 is 2.68 bits per heavy atom. The van der Waals surface area contributed by atoms with E-state index in [4.69, 9.17) is 9.47 Å². The molecule has 4 nitrogen and oxygen atoms in total. The molecule has 0 amide bonds. The molecule has 0 spiro atoms. The minimum absolute atomic E-state index is 0.0157. The molecule has 28 heavy (non-hydrogen) atoms. The number of fused-ring (bicyclic) bond motifs is 5. The van der Waals surface area contributed by atoms with Crippen LogP contribution in [-0.4, -0.2) is 17.8 Å². The van der Waals surface area contributed by atoms with Gasteiger partial charge in [-0.2, -0.15) is 0 Å². The smallest absolute Gasteiger partial charge is 0.172 e. The van der Waals surface area contributed by atoms with E-state index >= 15 is 0 Å². The Kier molecular flexibility index (Phi) is 4.53. The number of phenolic OH excluding ortho intramolecular Hbond substituents is 1. The number of hydrogen-bond donors (Lipinski definition) is 2. The Hall–Kier alpha value is -2.62. The molecule has 4 heteroatoms. The fraction of sp³-hybridized carbons (Fsp3) is 0.417. The first kappa shape index (κ1) is 18.7. The van der Waals surface area contributed by atoms with E-state index in [0.717, 1.165) is 41.8 Å². The van der Waals surface area contributed by atoms with Gasteiger partial charge in [0.25, 0.3) is 0 Å². The second kappa shape index (κ2) is 6.77. The van der Waals surface area contributed by atoms with Crippen LogP contribution in [0.4, 0.5) is 5.69 Å². The molecule has 0 bridgehead atoms. The van der Waals surface area contributed by atoms with Crippen molar-refractivity contribution < 1.29 is 14.6 Å². The second-order valence-corrected chi connectivity index (χ2v) is 8.36. The third-order valence-electron chi connectivity index (χ3n) is 5.66. The highest BCUT2D eigenvalue weighted by Crippen LogP contribution is 2.54. The van der Waals surface area contributed by atoms with E-state index in [1.165, 1.54) is 16.7 Å². The van der Waals surface area contributed by atoms with Gasteiger partial charge < -0.3 is 19.9 Å². The fourth-order valence-electron chi connectivity index (χ4n) is 4.62. The topological polar surface area (TPSA) is 50.7 Å². The lowest BCUT2D eigenvalue weighted by Gasteiger charge is -2.37. The van der Waals surface area contributed by atoms with Gasteiger partial charge in [0.1, 0.15) is 11.9 Å². The minimum atomic E-state index is -0.0897. The van der Waals surface area contributed by atoms with Gasteiger partial charge in [-0.05, 0) is 62.9 Å². The van der Waals surface area contributed by atoms with Crippen LogP contribution in [0.25, 0.3) is 16.7 Å². The summed E-state index contributed by atoms with van der Waals surface area (Å²) in [5.74, 6) is 1.37. The highest BCUT2D eigenvalue weighted by atomic mass is 16.5. The molecule has 0 radical (unpaired) electrons. The molecule has 0 aliphatic carbocycles. The van der Waals surface area contributed by atoms with Crippen LogP contribution in [0.3, 0.4) is 0 Å². The first-order valence-electron chi connectivity index (χ1n) is 10.1. The summed E-state index contributed by atoms with van der Waals surface area (Å²) in [4.78, 5) is 0. The fourth-order valence-corrected chi connectivity index (χ4v) is 4.62. The van der Waals surface area contributed by atoms with Crippen LogP contribution < -0.4 is 14.8 Å². The monoisotopic (exact) mass is 379 g/mol. The highest BCUT2D eigenvalue weighted by Gasteiger charge is 2.35. The molecule has 148 valence electrons. The number of methoxy groups -OCH3 is 1. The molecule has 4 rings (SSSR count). The molecule has 1 unspecified atom stereocenters. The predicted octanol–water partition coefficient (Wildman–Crippen LogP) is 6.30. The van der Waals surface area contributed by atoms with Crippen LogP contribution in [0.2, 0.25) is 0 Å². The molecule has 0 aromatic heterocycles. The number of aromatic hydroxyl groups is 1. The largest absolute Gasteiger partial charge is 0.504 e. The maximum atomic E-state index is 10.4. The molecule has 2 aliphatic rings. The molecule has 0 saturated heterocycles. The summed E-state index contributed by atoms with van der Waals surface area (Å²) in [5, 5.41) is 14.0. The number of ether oxygens (including phenoxy) is 2. The van der Waals surface area contributed by atoms with Gasteiger partial charge in [0.05, 0.1) is 18.2 Å². The highest BCUT2D eigenvalue weighted by molar-refractivity contribution is 5.92. The third kappa shape index (κ3) is 2.92. The summed E-state index contributed by atoms with van der Waals surface area (Å²) in [6, 6.07) is 7.77. The first-order chi connectivity index (χ1) is 13.4. The standard InChI is InChI=1S/C24H29NO3/c1-6-7-8-18-21-15(22-19(28-18)12-11-17(26)23(22)27-5)9-10-16-20(21)14(2)13-24(3,4)25-16/h9-13,18,25-26H,6-8H2,1-5H3. The van der Waals surface area contributed by atoms with Crippen molar-refractivity contribution in [2.24, 2.45) is 0 Å². The van der Waals surface area contributed by atoms with Gasteiger partial charge in [0.2, 0.25) is 0 Å². The average molecular weight is 380 g/mol. The van der Waals surface area contributed by atoms with E-state index in [1.54, 1.807) is 13.2 Å². The van der Waals surface area contributed by atoms with Gasteiger partial charge in [-0.3, -0.25) is 0 Å². The Labute approximate surface area is 167 Å². The van der Waals surface area contributed by atoms with E-state index in [9.17, 15) is 5.11 Å². The number of nitrogens with one attached hydrogen (secondary N) is 1. The number of allylic oxidation sites excluding steroid dienone is 1. The summed E-state index contributed by atoms with van der Waals surface area (Å²) in [6.07, 6.45) is 5.44. The van der Waals surface area contributed by atoms with Crippen molar-refractivity contribution >= 4 is 11.3 Å². The molecule has 2 N–H and O–H groups in total. The van der Waals surface area contributed by atoms with Crippen molar-refractivity contribution in [2.45, 2.75) is 58.6 Å². The van der Waals surface area contributed by atoms with Crippen LogP contribution in [0.15, 0.2) is 30.3 Å². The average Bonchev–Trinajstić information content (AvgIpc) is 2.64. The maximum Gasteiger partial charge on any atom is 0.172 e. The zero-order valence-electron chi connectivity index (χ0n) is 17.3. The zero-order chi connectivity index (χ0) is 20.1. The summed E-state index contributed by atoms with van der Waals surface area (Å²) >= 11 is 0. The normalized spacial score (nSPS) is 18.8. The van der Waals surface area contributed by atoms with Crippen molar-refractivity contribution in [3.63, 3.8) is 0 Å². The summed E-state index contributed by atoms with van der Waals surface area (Å²) in [7, 11) is 1.59. The van der Waals surface area contributed by atoms with Gasteiger partial charge in [-0.15, -0.1) is 0 Å². The van der Waals surface area contributed by atoms with E-state index in [-0.39, 0.29) is 17.4 Å². The van der Waals surface area contributed by atoms with Crippen molar-refractivity contribution in [3.05, 3.63) is 41.5 Å². The molecule has 0 saturated carbocycles. The van der Waals surface area contributed by atoms with Crippen molar-refractivity contribution in [1.29, 1.82) is 0 Å². The number of unbranched alkanes of at least 4 members (excludes halogenated alkanes) is 1. The van der Waals surface area contributed by atoms with Crippen molar-refractivity contribution in [3.8, 4) is 28.4 Å². The van der Waals surface area contributed by atoms with Gasteiger partial charge in [-0.1, -0.05) is 25.5 Å². The number of hydrogen-bond acceptors (Lipinski definition) is 4. The van der Waals surface area contributed by atoms with Crippen LogP contribution in [-0.2, 0) is 0 Å². The Morgan fingerprint density at radius 1 is 1.18 bits per heavy atom. The van der Waals surface area contributed by atoms with E-state index < -0.39 is 0 Å². The van der Waals surface area contributed by atoms with Gasteiger partial charge in [0.15, 0.2) is 11.5 Å². The molecule has 2 aromatic rings. The Morgan fingerprint density at radius 2 is 1.96 bits per heavy atom. The summed E-state index contributed by atoms with van der Waals surface area (Å²) < 4.78 is 12.0.